The van der Waals surface area contributed by atoms with E-state index >= 15 is 0 Å². The molecule has 0 saturated heterocycles. The molecule has 0 amide bonds. The van der Waals surface area contributed by atoms with Gasteiger partial charge in [-0.25, -0.2) is 4.79 Å². The standard InChI is InChI=1S/C14H29NO3/c1-5-7-8-9-10-11-18-12-14(3,15-6-2)13(16)17-4/h15H,5-12H2,1-4H3. The predicted octanol–water partition coefficient (Wildman–Crippen LogP) is 2.51. The molecule has 0 heterocycles. The van der Waals surface area contributed by atoms with Crippen molar-refractivity contribution in [3.63, 3.8) is 0 Å². The Morgan fingerprint density at radius 1 is 1.17 bits per heavy atom. The Hall–Kier alpha value is -0.610. The maximum Gasteiger partial charge on any atom is 0.328 e. The summed E-state index contributed by atoms with van der Waals surface area (Å²) < 4.78 is 10.4. The number of hydrogen-bond acceptors (Lipinski definition) is 4. The van der Waals surface area contributed by atoms with Crippen molar-refractivity contribution in [3.8, 4) is 0 Å². The molecular formula is C14H29NO3. The number of carbonyl (C=O) groups is 1. The second-order valence-electron chi connectivity index (χ2n) is 4.82. The van der Waals surface area contributed by atoms with Crippen LogP contribution in [0.3, 0.4) is 0 Å². The summed E-state index contributed by atoms with van der Waals surface area (Å²) in [6, 6.07) is 0. The van der Waals surface area contributed by atoms with Crippen LogP contribution in [0.2, 0.25) is 0 Å². The molecule has 0 rings (SSSR count). The maximum absolute atomic E-state index is 11.7. The van der Waals surface area contributed by atoms with E-state index in [0.717, 1.165) is 6.42 Å². The van der Waals surface area contributed by atoms with E-state index in [4.69, 9.17) is 9.47 Å². The highest BCUT2D eigenvalue weighted by atomic mass is 16.5. The van der Waals surface area contributed by atoms with Crippen LogP contribution in [0.15, 0.2) is 0 Å². The molecule has 0 aliphatic heterocycles. The number of carbonyl (C=O) groups excluding carboxylic acids is 1. The summed E-state index contributed by atoms with van der Waals surface area (Å²) in [7, 11) is 1.41. The van der Waals surface area contributed by atoms with Gasteiger partial charge in [-0.05, 0) is 19.9 Å². The first kappa shape index (κ1) is 17.4. The molecule has 0 bridgehead atoms. The number of ether oxygens (including phenoxy) is 2. The average molecular weight is 259 g/mol. The normalized spacial score (nSPS) is 14.2. The van der Waals surface area contributed by atoms with Crippen LogP contribution in [0.25, 0.3) is 0 Å². The Balaban J connectivity index is 3.80. The number of hydrogen-bond donors (Lipinski definition) is 1. The van der Waals surface area contributed by atoms with E-state index in [1.807, 2.05) is 13.8 Å². The molecule has 0 aliphatic carbocycles. The van der Waals surface area contributed by atoms with E-state index in [0.29, 0.717) is 19.8 Å². The minimum Gasteiger partial charge on any atom is -0.468 e. The molecule has 0 aromatic heterocycles. The fraction of sp³-hybridized carbons (Fsp3) is 0.929. The molecule has 0 aromatic carbocycles. The van der Waals surface area contributed by atoms with Crippen LogP contribution in [0.1, 0.15) is 52.9 Å². The molecule has 0 radical (unpaired) electrons. The molecular weight excluding hydrogens is 230 g/mol. The summed E-state index contributed by atoms with van der Waals surface area (Å²) >= 11 is 0. The molecule has 1 N–H and O–H groups in total. The number of esters is 1. The highest BCUT2D eigenvalue weighted by molar-refractivity contribution is 5.80. The van der Waals surface area contributed by atoms with Gasteiger partial charge in [0, 0.05) is 6.61 Å². The first-order valence-electron chi connectivity index (χ1n) is 7.02. The largest absolute Gasteiger partial charge is 0.468 e. The second kappa shape index (κ2) is 10.3. The van der Waals surface area contributed by atoms with Gasteiger partial charge in [-0.1, -0.05) is 39.5 Å². The van der Waals surface area contributed by atoms with Crippen molar-refractivity contribution in [3.05, 3.63) is 0 Å². The fourth-order valence-electron chi connectivity index (χ4n) is 1.88. The van der Waals surface area contributed by atoms with Crippen molar-refractivity contribution in [2.45, 2.75) is 58.4 Å². The number of nitrogens with one attached hydrogen (secondary N) is 1. The lowest BCUT2D eigenvalue weighted by Gasteiger charge is -2.27. The van der Waals surface area contributed by atoms with E-state index in [1.165, 1.54) is 32.8 Å². The summed E-state index contributed by atoms with van der Waals surface area (Å²) in [6.45, 7) is 7.77. The van der Waals surface area contributed by atoms with E-state index in [2.05, 4.69) is 12.2 Å². The van der Waals surface area contributed by atoms with Crippen LogP contribution in [0.5, 0.6) is 0 Å². The van der Waals surface area contributed by atoms with E-state index in [1.54, 1.807) is 0 Å². The van der Waals surface area contributed by atoms with Crippen molar-refractivity contribution < 1.29 is 14.3 Å². The Morgan fingerprint density at radius 2 is 1.83 bits per heavy atom. The molecule has 0 fully saturated rings. The lowest BCUT2D eigenvalue weighted by Crippen LogP contribution is -2.53. The molecule has 0 spiro atoms. The monoisotopic (exact) mass is 259 g/mol. The molecule has 18 heavy (non-hydrogen) atoms. The van der Waals surface area contributed by atoms with Crippen LogP contribution < -0.4 is 5.32 Å². The first-order chi connectivity index (χ1) is 8.60. The quantitative estimate of drug-likeness (QED) is 0.457. The Labute approximate surface area is 111 Å². The molecule has 1 atom stereocenters. The van der Waals surface area contributed by atoms with Gasteiger partial charge in [0.2, 0.25) is 0 Å². The van der Waals surface area contributed by atoms with Gasteiger partial charge >= 0.3 is 5.97 Å². The molecule has 4 heteroatoms. The van der Waals surface area contributed by atoms with Crippen molar-refractivity contribution in [1.82, 2.24) is 5.32 Å². The van der Waals surface area contributed by atoms with Crippen LogP contribution in [-0.4, -0.2) is 38.4 Å². The number of methoxy groups -OCH3 is 1. The first-order valence-corrected chi connectivity index (χ1v) is 7.02. The third-order valence-corrected chi connectivity index (χ3v) is 2.99. The molecule has 108 valence electrons. The van der Waals surface area contributed by atoms with E-state index in [-0.39, 0.29) is 5.97 Å². The third kappa shape index (κ3) is 6.97. The highest BCUT2D eigenvalue weighted by Crippen LogP contribution is 2.08. The van der Waals surface area contributed by atoms with E-state index in [9.17, 15) is 4.79 Å². The Kier molecular flexibility index (Phi) is 9.98. The van der Waals surface area contributed by atoms with Crippen molar-refractivity contribution in [2.24, 2.45) is 0 Å². The van der Waals surface area contributed by atoms with E-state index < -0.39 is 5.54 Å². The number of unbranched alkanes of at least 4 members (excludes halogenated alkanes) is 4. The minimum absolute atomic E-state index is 0.268. The van der Waals surface area contributed by atoms with Gasteiger partial charge in [-0.2, -0.15) is 0 Å². The fourth-order valence-corrected chi connectivity index (χ4v) is 1.88. The molecule has 1 unspecified atom stereocenters. The third-order valence-electron chi connectivity index (χ3n) is 2.99. The lowest BCUT2D eigenvalue weighted by atomic mass is 10.0. The van der Waals surface area contributed by atoms with Gasteiger partial charge in [0.05, 0.1) is 13.7 Å². The van der Waals surface area contributed by atoms with Crippen LogP contribution in [-0.2, 0) is 14.3 Å². The minimum atomic E-state index is -0.729. The predicted molar refractivity (Wildman–Crippen MR) is 73.7 cm³/mol. The van der Waals surface area contributed by atoms with Crippen molar-refractivity contribution in [1.29, 1.82) is 0 Å². The van der Waals surface area contributed by atoms with Gasteiger partial charge in [0.15, 0.2) is 0 Å². The zero-order valence-corrected chi connectivity index (χ0v) is 12.4. The SMILES string of the molecule is CCCCCCCOCC(C)(NCC)C(=O)OC. The lowest BCUT2D eigenvalue weighted by molar-refractivity contribution is -0.150. The van der Waals surface area contributed by atoms with Gasteiger partial charge in [-0.3, -0.25) is 0 Å². The zero-order chi connectivity index (χ0) is 13.9. The summed E-state index contributed by atoms with van der Waals surface area (Å²) in [4.78, 5) is 11.7. The maximum atomic E-state index is 11.7. The molecule has 4 nitrogen and oxygen atoms in total. The van der Waals surface area contributed by atoms with Crippen LogP contribution >= 0.6 is 0 Å². The summed E-state index contributed by atoms with van der Waals surface area (Å²) in [5, 5.41) is 3.12. The Morgan fingerprint density at radius 3 is 2.39 bits per heavy atom. The topological polar surface area (TPSA) is 47.6 Å². The zero-order valence-electron chi connectivity index (χ0n) is 12.4. The van der Waals surface area contributed by atoms with Gasteiger partial charge < -0.3 is 14.8 Å². The number of likely N-dealkylation sites (N-methyl/N-ethyl adjacent to an activating group) is 1. The summed E-state index contributed by atoms with van der Waals surface area (Å²) in [5.74, 6) is -0.268. The Bertz CT molecular complexity index is 221. The number of rotatable bonds is 11. The summed E-state index contributed by atoms with van der Waals surface area (Å²) in [5.41, 5.74) is -0.729. The van der Waals surface area contributed by atoms with Crippen molar-refractivity contribution >= 4 is 5.97 Å². The highest BCUT2D eigenvalue weighted by Gasteiger charge is 2.33. The van der Waals surface area contributed by atoms with Gasteiger partial charge in [0.1, 0.15) is 5.54 Å². The van der Waals surface area contributed by atoms with Crippen LogP contribution in [0.4, 0.5) is 0 Å². The molecule has 0 aliphatic rings. The molecule has 0 saturated carbocycles. The smallest absolute Gasteiger partial charge is 0.328 e. The average Bonchev–Trinajstić information content (AvgIpc) is 2.37. The second-order valence-corrected chi connectivity index (χ2v) is 4.82. The van der Waals surface area contributed by atoms with Crippen LogP contribution in [0, 0.1) is 0 Å². The van der Waals surface area contributed by atoms with Gasteiger partial charge in [-0.15, -0.1) is 0 Å². The molecule has 0 aromatic rings. The summed E-state index contributed by atoms with van der Waals surface area (Å²) in [6.07, 6.45) is 6.06. The van der Waals surface area contributed by atoms with Gasteiger partial charge in [0.25, 0.3) is 0 Å². The van der Waals surface area contributed by atoms with Crippen molar-refractivity contribution in [2.75, 3.05) is 26.9 Å².